The van der Waals surface area contributed by atoms with Crippen molar-refractivity contribution < 1.29 is 4.39 Å². The van der Waals surface area contributed by atoms with Gasteiger partial charge in [0, 0.05) is 17.4 Å². The maximum Gasteiger partial charge on any atom is 0.144 e. The predicted molar refractivity (Wildman–Crippen MR) is 89.1 cm³/mol. The zero-order valence-electron chi connectivity index (χ0n) is 11.8. The third-order valence-corrected chi connectivity index (χ3v) is 5.89. The molecule has 21 heavy (non-hydrogen) atoms. The van der Waals surface area contributed by atoms with Crippen LogP contribution in [0.4, 0.5) is 4.39 Å². The first kappa shape index (κ1) is 15.4. The van der Waals surface area contributed by atoms with Gasteiger partial charge in [-0.1, -0.05) is 24.9 Å². The highest BCUT2D eigenvalue weighted by Crippen LogP contribution is 2.41. The fraction of sp³-hybridized carbons (Fsp3) is 0.533. The fourth-order valence-electron chi connectivity index (χ4n) is 3.21. The summed E-state index contributed by atoms with van der Waals surface area (Å²) in [6.07, 6.45) is 3.48. The van der Waals surface area contributed by atoms with Crippen LogP contribution in [0.3, 0.4) is 0 Å². The highest BCUT2D eigenvalue weighted by molar-refractivity contribution is 7.99. The van der Waals surface area contributed by atoms with Crippen LogP contribution in [-0.4, -0.2) is 20.6 Å². The topological polar surface area (TPSA) is 17.8 Å². The van der Waals surface area contributed by atoms with E-state index in [2.05, 4.69) is 16.5 Å². The van der Waals surface area contributed by atoms with Gasteiger partial charge in [0.1, 0.15) is 11.6 Å². The summed E-state index contributed by atoms with van der Waals surface area (Å²) in [6.45, 7) is 2.17. The quantitative estimate of drug-likeness (QED) is 0.688. The largest absolute Gasteiger partial charge is 0.323 e. The molecule has 1 aliphatic rings. The number of benzene rings is 1. The van der Waals surface area contributed by atoms with E-state index in [0.717, 1.165) is 29.0 Å². The minimum Gasteiger partial charge on any atom is -0.323 e. The average Bonchev–Trinajstić information content (AvgIpc) is 3.04. The van der Waals surface area contributed by atoms with Gasteiger partial charge in [-0.2, -0.15) is 11.8 Å². The number of aromatic nitrogens is 2. The number of hydrogen-bond acceptors (Lipinski definition) is 2. The van der Waals surface area contributed by atoms with Crippen LogP contribution in [0.25, 0.3) is 11.0 Å². The molecule has 2 unspecified atom stereocenters. The van der Waals surface area contributed by atoms with Gasteiger partial charge < -0.3 is 4.57 Å². The molecule has 0 aliphatic heterocycles. The number of halogens is 3. The number of hydrogen-bond donors (Lipinski definition) is 0. The highest BCUT2D eigenvalue weighted by Gasteiger charge is 2.31. The molecule has 1 aromatic heterocycles. The lowest BCUT2D eigenvalue weighted by Crippen LogP contribution is -2.18. The Hall–Kier alpha value is -0.450. The first-order valence-corrected chi connectivity index (χ1v) is 9.15. The molecule has 1 aromatic carbocycles. The lowest BCUT2D eigenvalue weighted by molar-refractivity contribution is 0.526. The smallest absolute Gasteiger partial charge is 0.144 e. The maximum atomic E-state index is 13.9. The van der Waals surface area contributed by atoms with Crippen LogP contribution in [-0.2, 0) is 5.88 Å². The van der Waals surface area contributed by atoms with Crippen molar-refractivity contribution in [2.75, 3.05) is 5.75 Å². The van der Waals surface area contributed by atoms with Crippen molar-refractivity contribution >= 4 is 46.0 Å². The number of fused-ring (bicyclic) bond motifs is 1. The SMILES string of the molecule is CCSC1CCCC1n1c(CCl)nc2cc(Cl)c(F)cc21. The molecule has 1 aliphatic carbocycles. The average molecular weight is 347 g/mol. The lowest BCUT2D eigenvalue weighted by Gasteiger charge is -2.23. The van der Waals surface area contributed by atoms with Crippen LogP contribution in [0.2, 0.25) is 5.02 Å². The molecular weight excluding hydrogens is 330 g/mol. The molecule has 6 heteroatoms. The van der Waals surface area contributed by atoms with Crippen LogP contribution < -0.4 is 0 Å². The fourth-order valence-corrected chi connectivity index (χ4v) is 4.80. The lowest BCUT2D eigenvalue weighted by atomic mass is 10.2. The Morgan fingerprint density at radius 3 is 2.95 bits per heavy atom. The summed E-state index contributed by atoms with van der Waals surface area (Å²) in [4.78, 5) is 4.54. The van der Waals surface area contributed by atoms with E-state index in [9.17, 15) is 4.39 Å². The molecule has 2 aromatic rings. The van der Waals surface area contributed by atoms with Gasteiger partial charge in [-0.15, -0.1) is 11.6 Å². The molecule has 1 heterocycles. The van der Waals surface area contributed by atoms with Crippen LogP contribution >= 0.6 is 35.0 Å². The number of alkyl halides is 1. The minimum absolute atomic E-state index is 0.110. The molecule has 0 saturated heterocycles. The van der Waals surface area contributed by atoms with Crippen molar-refractivity contribution in [2.24, 2.45) is 0 Å². The van der Waals surface area contributed by atoms with Crippen molar-refractivity contribution in [3.63, 3.8) is 0 Å². The van der Waals surface area contributed by atoms with Crippen molar-refractivity contribution in [1.29, 1.82) is 0 Å². The molecule has 0 N–H and O–H groups in total. The van der Waals surface area contributed by atoms with Crippen LogP contribution in [0.15, 0.2) is 12.1 Å². The molecule has 0 spiro atoms. The molecule has 3 rings (SSSR count). The van der Waals surface area contributed by atoms with Crippen molar-refractivity contribution in [2.45, 2.75) is 43.4 Å². The Morgan fingerprint density at radius 1 is 1.43 bits per heavy atom. The van der Waals surface area contributed by atoms with E-state index in [0.29, 0.717) is 17.2 Å². The van der Waals surface area contributed by atoms with E-state index in [1.807, 2.05) is 11.8 Å². The molecular formula is C15H17Cl2FN2S. The molecule has 1 saturated carbocycles. The molecule has 0 amide bonds. The second kappa shape index (κ2) is 6.35. The molecule has 0 bridgehead atoms. The summed E-state index contributed by atoms with van der Waals surface area (Å²) in [5.41, 5.74) is 1.53. The van der Waals surface area contributed by atoms with Crippen molar-refractivity contribution in [3.05, 3.63) is 28.8 Å². The van der Waals surface area contributed by atoms with Gasteiger partial charge in [-0.05, 0) is 24.7 Å². The second-order valence-electron chi connectivity index (χ2n) is 5.28. The zero-order chi connectivity index (χ0) is 15.0. The maximum absolute atomic E-state index is 13.9. The third-order valence-electron chi connectivity index (χ3n) is 4.05. The first-order valence-electron chi connectivity index (χ1n) is 7.19. The first-order chi connectivity index (χ1) is 10.2. The van der Waals surface area contributed by atoms with Crippen LogP contribution in [0, 0.1) is 5.82 Å². The zero-order valence-corrected chi connectivity index (χ0v) is 14.1. The summed E-state index contributed by atoms with van der Waals surface area (Å²) in [7, 11) is 0. The minimum atomic E-state index is -0.399. The number of thioether (sulfide) groups is 1. The van der Waals surface area contributed by atoms with Crippen LogP contribution in [0.1, 0.15) is 38.1 Å². The summed E-state index contributed by atoms with van der Waals surface area (Å²) < 4.78 is 16.0. The van der Waals surface area contributed by atoms with E-state index in [-0.39, 0.29) is 5.02 Å². The number of rotatable bonds is 4. The summed E-state index contributed by atoms with van der Waals surface area (Å²) in [5, 5.41) is 0.660. The van der Waals surface area contributed by atoms with Crippen molar-refractivity contribution in [1.82, 2.24) is 9.55 Å². The standard InChI is InChI=1S/C15H17Cl2FN2S/c1-2-21-14-5-3-4-12(14)20-13-7-10(18)9(17)6-11(13)19-15(20)8-16/h6-7,12,14H,2-5,8H2,1H3. The van der Waals surface area contributed by atoms with Crippen LogP contribution in [0.5, 0.6) is 0 Å². The van der Waals surface area contributed by atoms with E-state index < -0.39 is 5.82 Å². The highest BCUT2D eigenvalue weighted by atomic mass is 35.5. The Labute approximate surface area is 138 Å². The van der Waals surface area contributed by atoms with Gasteiger partial charge in [0.25, 0.3) is 0 Å². The molecule has 114 valence electrons. The predicted octanol–water partition coefficient (Wildman–Crippen LogP) is 5.41. The van der Waals surface area contributed by atoms with Gasteiger partial charge in [0.2, 0.25) is 0 Å². The van der Waals surface area contributed by atoms with E-state index in [1.165, 1.54) is 18.9 Å². The Bertz CT molecular complexity index is 659. The monoisotopic (exact) mass is 346 g/mol. The third kappa shape index (κ3) is 2.78. The Morgan fingerprint density at radius 2 is 2.24 bits per heavy atom. The van der Waals surface area contributed by atoms with Gasteiger partial charge in [-0.25, -0.2) is 9.37 Å². The summed E-state index contributed by atoms with van der Waals surface area (Å²) in [6, 6.07) is 3.43. The molecule has 1 fully saturated rings. The van der Waals surface area contributed by atoms with Gasteiger partial charge in [-0.3, -0.25) is 0 Å². The van der Waals surface area contributed by atoms with Gasteiger partial charge in [0.15, 0.2) is 0 Å². The number of nitrogens with zero attached hydrogens (tertiary/aromatic N) is 2. The normalized spacial score (nSPS) is 22.3. The van der Waals surface area contributed by atoms with Crippen molar-refractivity contribution in [3.8, 4) is 0 Å². The van der Waals surface area contributed by atoms with E-state index in [1.54, 1.807) is 6.07 Å². The number of imidazole rings is 1. The van der Waals surface area contributed by atoms with Gasteiger partial charge >= 0.3 is 0 Å². The summed E-state index contributed by atoms with van der Waals surface area (Å²) in [5.74, 6) is 1.82. The van der Waals surface area contributed by atoms with E-state index >= 15 is 0 Å². The molecule has 2 atom stereocenters. The Kier molecular flexibility index (Phi) is 4.67. The van der Waals surface area contributed by atoms with E-state index in [4.69, 9.17) is 23.2 Å². The van der Waals surface area contributed by atoms with Gasteiger partial charge in [0.05, 0.1) is 21.9 Å². The second-order valence-corrected chi connectivity index (χ2v) is 7.47. The molecule has 2 nitrogen and oxygen atoms in total. The Balaban J connectivity index is 2.13. The molecule has 0 radical (unpaired) electrons. The summed E-state index contributed by atoms with van der Waals surface area (Å²) >= 11 is 13.9.